The molecule has 0 saturated heterocycles. The molecule has 0 rings (SSSR count). The van der Waals surface area contributed by atoms with E-state index in [0.717, 1.165) is 0 Å². The number of nitrogens with two attached hydrogens (primary N) is 1. The van der Waals surface area contributed by atoms with Gasteiger partial charge in [-0.2, -0.15) is 0 Å². The van der Waals surface area contributed by atoms with Crippen LogP contribution >= 0.6 is 7.82 Å². The van der Waals surface area contributed by atoms with Crippen LogP contribution in [0.15, 0.2) is 0 Å². The highest BCUT2D eigenvalue weighted by Gasteiger charge is 2.27. The molecule has 12 heavy (non-hydrogen) atoms. The van der Waals surface area contributed by atoms with Gasteiger partial charge in [0.2, 0.25) is 0 Å². The number of rotatable bonds is 3. The first-order valence-corrected chi connectivity index (χ1v) is 4.49. The summed E-state index contributed by atoms with van der Waals surface area (Å²) < 4.78 is 13.7. The molecule has 8 heteroatoms. The number of carbonyl (C=O) groups is 1. The number of phosphoric acid groups is 1. The summed E-state index contributed by atoms with van der Waals surface area (Å²) >= 11 is 0. The van der Waals surface area contributed by atoms with Crippen LogP contribution in [0, 0.1) is 0 Å². The molecule has 72 valence electrons. The first-order valence-electron chi connectivity index (χ1n) is 2.96. The molecule has 0 fully saturated rings. The Morgan fingerprint density at radius 1 is 1.58 bits per heavy atom. The molecular formula is C4H10NO6P. The molecule has 0 aromatic heterocycles. The van der Waals surface area contributed by atoms with E-state index in [1.165, 1.54) is 6.92 Å². The summed E-state index contributed by atoms with van der Waals surface area (Å²) in [6.07, 6.45) is -1.22. The fourth-order valence-corrected chi connectivity index (χ4v) is 0.731. The summed E-state index contributed by atoms with van der Waals surface area (Å²) in [5.74, 6) is -1.33. The van der Waals surface area contributed by atoms with Gasteiger partial charge in [0.1, 0.15) is 6.04 Å². The smallest absolute Gasteiger partial charge is 0.391 e. The van der Waals surface area contributed by atoms with Crippen molar-refractivity contribution >= 4 is 13.8 Å². The lowest BCUT2D eigenvalue weighted by atomic mass is 10.2. The SMILES string of the molecule is C[C@@H](O)[C@H](N)C(=O)OP(=O)(O)O. The van der Waals surface area contributed by atoms with E-state index in [0.29, 0.717) is 0 Å². The van der Waals surface area contributed by atoms with Crippen molar-refractivity contribution in [1.82, 2.24) is 0 Å². The third kappa shape index (κ3) is 4.42. The Morgan fingerprint density at radius 3 is 2.25 bits per heavy atom. The normalized spacial score (nSPS) is 16.8. The second kappa shape index (κ2) is 3.97. The summed E-state index contributed by atoms with van der Waals surface area (Å²) in [6.45, 7) is 1.20. The Hall–Kier alpha value is -0.460. The van der Waals surface area contributed by atoms with Crippen molar-refractivity contribution < 1.29 is 28.8 Å². The van der Waals surface area contributed by atoms with Crippen LogP contribution in [0.2, 0.25) is 0 Å². The van der Waals surface area contributed by atoms with Crippen LogP contribution in [-0.4, -0.2) is 33.0 Å². The van der Waals surface area contributed by atoms with E-state index in [2.05, 4.69) is 4.52 Å². The monoisotopic (exact) mass is 199 g/mol. The van der Waals surface area contributed by atoms with E-state index in [1.54, 1.807) is 0 Å². The number of carbonyl (C=O) groups excluding carboxylic acids is 1. The molecular weight excluding hydrogens is 189 g/mol. The third-order valence-corrected chi connectivity index (χ3v) is 1.42. The van der Waals surface area contributed by atoms with E-state index >= 15 is 0 Å². The van der Waals surface area contributed by atoms with Crippen LogP contribution in [0.25, 0.3) is 0 Å². The van der Waals surface area contributed by atoms with Crippen molar-refractivity contribution in [2.45, 2.75) is 19.1 Å². The Labute approximate surface area is 68.4 Å². The lowest BCUT2D eigenvalue weighted by molar-refractivity contribution is -0.139. The summed E-state index contributed by atoms with van der Waals surface area (Å²) in [4.78, 5) is 26.9. The largest absolute Gasteiger partial charge is 0.527 e. The molecule has 0 bridgehead atoms. The van der Waals surface area contributed by atoms with Gasteiger partial charge < -0.3 is 15.4 Å². The third-order valence-electron chi connectivity index (χ3n) is 1.00. The standard InChI is InChI=1S/C4H10NO6P/c1-2(6)3(5)4(7)11-12(8,9)10/h2-3,6H,5H2,1H3,(H2,8,9,10)/t2-,3+/m1/s1. The molecule has 0 amide bonds. The van der Waals surface area contributed by atoms with E-state index in [1.807, 2.05) is 0 Å². The van der Waals surface area contributed by atoms with Crippen molar-refractivity contribution in [2.24, 2.45) is 5.73 Å². The van der Waals surface area contributed by atoms with Gasteiger partial charge in [-0.3, -0.25) is 9.79 Å². The molecule has 0 aromatic rings. The molecule has 5 N–H and O–H groups in total. The highest BCUT2D eigenvalue weighted by molar-refractivity contribution is 7.46. The number of aliphatic hydroxyl groups excluding tert-OH is 1. The molecule has 0 aromatic carbocycles. The quantitative estimate of drug-likeness (QED) is 0.399. The topological polar surface area (TPSA) is 130 Å². The first kappa shape index (κ1) is 11.5. The van der Waals surface area contributed by atoms with Crippen LogP contribution in [0.5, 0.6) is 0 Å². The summed E-state index contributed by atoms with van der Waals surface area (Å²) in [5.41, 5.74) is 5.00. The van der Waals surface area contributed by atoms with Crippen molar-refractivity contribution in [3.63, 3.8) is 0 Å². The molecule has 0 saturated carbocycles. The van der Waals surface area contributed by atoms with E-state index < -0.39 is 25.9 Å². The predicted molar refractivity (Wildman–Crippen MR) is 37.8 cm³/mol. The van der Waals surface area contributed by atoms with Gasteiger partial charge in [-0.15, -0.1) is 0 Å². The molecule has 0 heterocycles. The van der Waals surface area contributed by atoms with E-state index in [-0.39, 0.29) is 0 Å². The first-order chi connectivity index (χ1) is 5.24. The van der Waals surface area contributed by atoms with Gasteiger partial charge in [0.25, 0.3) is 0 Å². The Balaban J connectivity index is 4.15. The highest BCUT2D eigenvalue weighted by Crippen LogP contribution is 2.36. The molecule has 0 unspecified atom stereocenters. The predicted octanol–water partition coefficient (Wildman–Crippen LogP) is -1.67. The second-order valence-electron chi connectivity index (χ2n) is 2.17. The molecule has 2 atom stereocenters. The van der Waals surface area contributed by atoms with Crippen molar-refractivity contribution in [1.29, 1.82) is 0 Å². The van der Waals surface area contributed by atoms with Crippen molar-refractivity contribution in [2.75, 3.05) is 0 Å². The maximum atomic E-state index is 10.6. The molecule has 0 aliphatic rings. The maximum Gasteiger partial charge on any atom is 0.527 e. The van der Waals surface area contributed by atoms with E-state index in [9.17, 15) is 9.36 Å². The molecule has 0 spiro atoms. The van der Waals surface area contributed by atoms with Crippen LogP contribution in [0.3, 0.4) is 0 Å². The Bertz CT molecular complexity index is 210. The van der Waals surface area contributed by atoms with Crippen LogP contribution in [0.1, 0.15) is 6.92 Å². The lowest BCUT2D eigenvalue weighted by Crippen LogP contribution is -2.40. The molecule has 0 aliphatic heterocycles. The van der Waals surface area contributed by atoms with Gasteiger partial charge in [0, 0.05) is 0 Å². The minimum atomic E-state index is -4.86. The van der Waals surface area contributed by atoms with Crippen molar-refractivity contribution in [3.8, 4) is 0 Å². The van der Waals surface area contributed by atoms with Gasteiger partial charge in [0.05, 0.1) is 6.10 Å². The average molecular weight is 199 g/mol. The van der Waals surface area contributed by atoms with Gasteiger partial charge in [-0.05, 0) is 6.92 Å². The van der Waals surface area contributed by atoms with Gasteiger partial charge in [-0.25, -0.2) is 9.36 Å². The van der Waals surface area contributed by atoms with E-state index in [4.69, 9.17) is 20.6 Å². The molecule has 0 radical (unpaired) electrons. The Morgan fingerprint density at radius 2 is 2.00 bits per heavy atom. The van der Waals surface area contributed by atoms with Crippen LogP contribution in [0.4, 0.5) is 0 Å². The zero-order chi connectivity index (χ0) is 9.94. The fourth-order valence-electron chi connectivity index (χ4n) is 0.375. The van der Waals surface area contributed by atoms with Gasteiger partial charge in [-0.1, -0.05) is 0 Å². The number of phosphoric ester groups is 1. The van der Waals surface area contributed by atoms with Crippen molar-refractivity contribution in [3.05, 3.63) is 0 Å². The van der Waals surface area contributed by atoms with Crippen LogP contribution in [-0.2, 0) is 13.9 Å². The zero-order valence-electron chi connectivity index (χ0n) is 6.25. The average Bonchev–Trinajstić information content (AvgIpc) is 1.82. The number of hydrogen-bond acceptors (Lipinski definition) is 5. The maximum absolute atomic E-state index is 10.6. The summed E-state index contributed by atoms with van der Waals surface area (Å²) in [5, 5.41) is 8.71. The zero-order valence-corrected chi connectivity index (χ0v) is 7.14. The molecule has 7 nitrogen and oxygen atoms in total. The number of aliphatic hydroxyl groups is 1. The molecule has 0 aliphatic carbocycles. The lowest BCUT2D eigenvalue weighted by Gasteiger charge is -2.13. The minimum absolute atomic E-state index is 1.20. The Kier molecular flexibility index (Phi) is 3.82. The minimum Gasteiger partial charge on any atom is -0.391 e. The van der Waals surface area contributed by atoms with Gasteiger partial charge >= 0.3 is 13.8 Å². The summed E-state index contributed by atoms with van der Waals surface area (Å²) in [7, 11) is -4.86. The highest BCUT2D eigenvalue weighted by atomic mass is 31.2. The second-order valence-corrected chi connectivity index (χ2v) is 3.33. The summed E-state index contributed by atoms with van der Waals surface area (Å²) in [6, 6.07) is -1.45. The number of hydrogen-bond donors (Lipinski definition) is 4. The fraction of sp³-hybridized carbons (Fsp3) is 0.750. The van der Waals surface area contributed by atoms with Gasteiger partial charge in [0.15, 0.2) is 0 Å². The van der Waals surface area contributed by atoms with Crippen LogP contribution < -0.4 is 5.73 Å².